The van der Waals surface area contributed by atoms with Crippen molar-refractivity contribution in [1.82, 2.24) is 5.32 Å². The van der Waals surface area contributed by atoms with E-state index >= 15 is 0 Å². The van der Waals surface area contributed by atoms with E-state index in [4.69, 9.17) is 0 Å². The van der Waals surface area contributed by atoms with Crippen molar-refractivity contribution < 1.29 is 0 Å². The lowest BCUT2D eigenvalue weighted by Crippen LogP contribution is -2.37. The molecular formula is C15H25N. The summed E-state index contributed by atoms with van der Waals surface area (Å²) in [5.41, 5.74) is 1.42. The molecule has 1 aromatic rings. The standard InChI is InChI=1S/C15H25N/c1-5-9-12(2)16-14(4)13(3)15-10-7-6-8-11-15/h6-8,10-14,16H,5,9H2,1-4H3. The van der Waals surface area contributed by atoms with Gasteiger partial charge in [-0.25, -0.2) is 0 Å². The van der Waals surface area contributed by atoms with Gasteiger partial charge in [0.15, 0.2) is 0 Å². The van der Waals surface area contributed by atoms with Gasteiger partial charge in [0.2, 0.25) is 0 Å². The normalized spacial score (nSPS) is 16.8. The van der Waals surface area contributed by atoms with Gasteiger partial charge in [0.25, 0.3) is 0 Å². The fraction of sp³-hybridized carbons (Fsp3) is 0.600. The topological polar surface area (TPSA) is 12.0 Å². The van der Waals surface area contributed by atoms with Crippen molar-refractivity contribution >= 4 is 0 Å². The van der Waals surface area contributed by atoms with Crippen LogP contribution in [-0.4, -0.2) is 12.1 Å². The average molecular weight is 219 g/mol. The first-order valence-corrected chi connectivity index (χ1v) is 6.46. The molecule has 1 aromatic carbocycles. The van der Waals surface area contributed by atoms with E-state index in [0.29, 0.717) is 18.0 Å². The number of rotatable bonds is 6. The van der Waals surface area contributed by atoms with Crippen LogP contribution >= 0.6 is 0 Å². The monoisotopic (exact) mass is 219 g/mol. The highest BCUT2D eigenvalue weighted by atomic mass is 14.9. The Kier molecular flexibility index (Phi) is 5.54. The van der Waals surface area contributed by atoms with Crippen LogP contribution in [0.5, 0.6) is 0 Å². The third kappa shape index (κ3) is 3.97. The van der Waals surface area contributed by atoms with Gasteiger partial charge in [-0.15, -0.1) is 0 Å². The molecule has 0 spiro atoms. The van der Waals surface area contributed by atoms with Crippen LogP contribution in [0.2, 0.25) is 0 Å². The molecule has 0 saturated heterocycles. The van der Waals surface area contributed by atoms with Crippen LogP contribution < -0.4 is 5.32 Å². The second-order valence-corrected chi connectivity index (χ2v) is 4.84. The van der Waals surface area contributed by atoms with Gasteiger partial charge >= 0.3 is 0 Å². The Morgan fingerprint density at radius 2 is 1.69 bits per heavy atom. The predicted molar refractivity (Wildman–Crippen MR) is 71.8 cm³/mol. The molecule has 16 heavy (non-hydrogen) atoms. The number of hydrogen-bond acceptors (Lipinski definition) is 1. The van der Waals surface area contributed by atoms with Crippen LogP contribution in [-0.2, 0) is 0 Å². The average Bonchev–Trinajstić information content (AvgIpc) is 2.29. The second kappa shape index (κ2) is 6.70. The van der Waals surface area contributed by atoms with Gasteiger partial charge in [-0.05, 0) is 31.7 Å². The predicted octanol–water partition coefficient (Wildman–Crippen LogP) is 3.96. The second-order valence-electron chi connectivity index (χ2n) is 4.84. The fourth-order valence-corrected chi connectivity index (χ4v) is 2.15. The van der Waals surface area contributed by atoms with E-state index in [1.54, 1.807) is 0 Å². The van der Waals surface area contributed by atoms with Crippen LogP contribution in [0.1, 0.15) is 52.0 Å². The Bertz CT molecular complexity index is 281. The van der Waals surface area contributed by atoms with Gasteiger partial charge in [-0.3, -0.25) is 0 Å². The van der Waals surface area contributed by atoms with Gasteiger partial charge in [-0.2, -0.15) is 0 Å². The smallest absolute Gasteiger partial charge is 0.0107 e. The Morgan fingerprint density at radius 1 is 1.06 bits per heavy atom. The quantitative estimate of drug-likeness (QED) is 0.763. The van der Waals surface area contributed by atoms with Gasteiger partial charge in [0.05, 0.1) is 0 Å². The SMILES string of the molecule is CCCC(C)NC(C)C(C)c1ccccc1. The lowest BCUT2D eigenvalue weighted by molar-refractivity contribution is 0.406. The van der Waals surface area contributed by atoms with E-state index < -0.39 is 0 Å². The molecule has 0 radical (unpaired) electrons. The van der Waals surface area contributed by atoms with Gasteiger partial charge in [0, 0.05) is 12.1 Å². The van der Waals surface area contributed by atoms with Crippen molar-refractivity contribution in [2.45, 2.75) is 58.5 Å². The highest BCUT2D eigenvalue weighted by Gasteiger charge is 2.15. The highest BCUT2D eigenvalue weighted by Crippen LogP contribution is 2.19. The molecule has 0 saturated carbocycles. The summed E-state index contributed by atoms with van der Waals surface area (Å²) in [5, 5.41) is 3.68. The number of nitrogens with one attached hydrogen (secondary N) is 1. The Morgan fingerprint density at radius 3 is 2.25 bits per heavy atom. The van der Waals surface area contributed by atoms with Crippen LogP contribution in [0, 0.1) is 0 Å². The molecule has 0 heterocycles. The molecule has 3 atom stereocenters. The maximum Gasteiger partial charge on any atom is 0.0107 e. The molecule has 1 nitrogen and oxygen atoms in total. The molecule has 0 fully saturated rings. The minimum atomic E-state index is 0.531. The van der Waals surface area contributed by atoms with E-state index in [1.165, 1.54) is 18.4 Å². The third-order valence-electron chi connectivity index (χ3n) is 3.34. The minimum Gasteiger partial charge on any atom is -0.311 e. The van der Waals surface area contributed by atoms with E-state index in [0.717, 1.165) is 0 Å². The van der Waals surface area contributed by atoms with E-state index in [2.05, 4.69) is 63.3 Å². The van der Waals surface area contributed by atoms with Crippen molar-refractivity contribution in [3.05, 3.63) is 35.9 Å². The summed E-state index contributed by atoms with van der Waals surface area (Å²) in [7, 11) is 0. The summed E-state index contributed by atoms with van der Waals surface area (Å²) in [5.74, 6) is 0.570. The first kappa shape index (κ1) is 13.2. The van der Waals surface area contributed by atoms with Crippen LogP contribution in [0.15, 0.2) is 30.3 Å². The fourth-order valence-electron chi connectivity index (χ4n) is 2.15. The van der Waals surface area contributed by atoms with Crippen LogP contribution in [0.4, 0.5) is 0 Å². The molecule has 1 N–H and O–H groups in total. The van der Waals surface area contributed by atoms with Gasteiger partial charge < -0.3 is 5.32 Å². The molecular weight excluding hydrogens is 194 g/mol. The zero-order valence-electron chi connectivity index (χ0n) is 11.0. The van der Waals surface area contributed by atoms with Crippen molar-refractivity contribution in [1.29, 1.82) is 0 Å². The van der Waals surface area contributed by atoms with Crippen molar-refractivity contribution in [3.8, 4) is 0 Å². The lowest BCUT2D eigenvalue weighted by Gasteiger charge is -2.25. The van der Waals surface area contributed by atoms with E-state index in [1.807, 2.05) is 0 Å². The summed E-state index contributed by atoms with van der Waals surface area (Å²) in [6, 6.07) is 11.9. The molecule has 0 aliphatic carbocycles. The van der Waals surface area contributed by atoms with Crippen LogP contribution in [0.25, 0.3) is 0 Å². The minimum absolute atomic E-state index is 0.531. The lowest BCUT2D eigenvalue weighted by atomic mass is 9.94. The zero-order chi connectivity index (χ0) is 12.0. The van der Waals surface area contributed by atoms with E-state index in [-0.39, 0.29) is 0 Å². The van der Waals surface area contributed by atoms with Gasteiger partial charge in [0.1, 0.15) is 0 Å². The zero-order valence-corrected chi connectivity index (χ0v) is 11.0. The molecule has 1 heteroatoms. The summed E-state index contributed by atoms with van der Waals surface area (Å²) in [4.78, 5) is 0. The van der Waals surface area contributed by atoms with Crippen molar-refractivity contribution in [3.63, 3.8) is 0 Å². The molecule has 0 aliphatic heterocycles. The maximum absolute atomic E-state index is 3.68. The van der Waals surface area contributed by atoms with E-state index in [9.17, 15) is 0 Å². The van der Waals surface area contributed by atoms with Crippen molar-refractivity contribution in [2.75, 3.05) is 0 Å². The Labute approximate surface area is 100 Å². The molecule has 3 unspecified atom stereocenters. The molecule has 0 aromatic heterocycles. The molecule has 0 amide bonds. The largest absolute Gasteiger partial charge is 0.311 e. The summed E-state index contributed by atoms with van der Waals surface area (Å²) < 4.78 is 0. The molecule has 0 bridgehead atoms. The summed E-state index contributed by atoms with van der Waals surface area (Å²) in [6.07, 6.45) is 2.51. The Hall–Kier alpha value is -0.820. The summed E-state index contributed by atoms with van der Waals surface area (Å²) in [6.45, 7) is 9.09. The molecule has 90 valence electrons. The first-order valence-electron chi connectivity index (χ1n) is 6.46. The molecule has 1 rings (SSSR count). The summed E-state index contributed by atoms with van der Waals surface area (Å²) >= 11 is 0. The Balaban J connectivity index is 2.51. The molecule has 0 aliphatic rings. The number of hydrogen-bond donors (Lipinski definition) is 1. The van der Waals surface area contributed by atoms with Gasteiger partial charge in [-0.1, -0.05) is 50.6 Å². The maximum atomic E-state index is 3.68. The highest BCUT2D eigenvalue weighted by molar-refractivity contribution is 5.20. The third-order valence-corrected chi connectivity index (χ3v) is 3.34. The number of benzene rings is 1. The first-order chi connectivity index (χ1) is 7.65. The van der Waals surface area contributed by atoms with Crippen LogP contribution in [0.3, 0.4) is 0 Å². The van der Waals surface area contributed by atoms with Crippen molar-refractivity contribution in [2.24, 2.45) is 0 Å².